The first-order chi connectivity index (χ1) is 5.03. The van der Waals surface area contributed by atoms with Gasteiger partial charge < -0.3 is 0 Å². The van der Waals surface area contributed by atoms with Gasteiger partial charge in [0.2, 0.25) is 0 Å². The van der Waals surface area contributed by atoms with Crippen LogP contribution in [0.1, 0.15) is 40.5 Å². The second kappa shape index (κ2) is 2.02. The lowest BCUT2D eigenvalue weighted by molar-refractivity contribution is -0.124. The first-order valence-electron chi connectivity index (χ1n) is 5.03. The third-order valence-electron chi connectivity index (χ3n) is 4.73. The third-order valence-corrected chi connectivity index (χ3v) is 4.73. The van der Waals surface area contributed by atoms with Crippen LogP contribution in [0.3, 0.4) is 0 Å². The summed E-state index contributed by atoms with van der Waals surface area (Å²) in [6, 6.07) is 0. The van der Waals surface area contributed by atoms with Crippen molar-refractivity contribution >= 4 is 0 Å². The molecular formula is C11H20. The Balaban J connectivity index is 2.17. The summed E-state index contributed by atoms with van der Waals surface area (Å²) in [6.45, 7) is 9.81. The molecule has 0 spiro atoms. The molecular weight excluding hydrogens is 132 g/mol. The molecule has 3 saturated carbocycles. The van der Waals surface area contributed by atoms with Crippen molar-refractivity contribution in [2.75, 3.05) is 0 Å². The third kappa shape index (κ3) is 0.816. The highest BCUT2D eigenvalue weighted by Crippen LogP contribution is 2.62. The molecule has 0 amide bonds. The second-order valence-electron chi connectivity index (χ2n) is 5.43. The van der Waals surface area contributed by atoms with Crippen LogP contribution in [0.15, 0.2) is 0 Å². The molecule has 2 bridgehead atoms. The summed E-state index contributed by atoms with van der Waals surface area (Å²) in [5, 5.41) is 0. The van der Waals surface area contributed by atoms with Crippen molar-refractivity contribution < 1.29 is 0 Å². The lowest BCUT2D eigenvalue weighted by atomic mass is 9.44. The fourth-order valence-corrected chi connectivity index (χ4v) is 3.41. The van der Waals surface area contributed by atoms with Crippen molar-refractivity contribution in [3.63, 3.8) is 0 Å². The van der Waals surface area contributed by atoms with Gasteiger partial charge in [-0.3, -0.25) is 0 Å². The van der Waals surface area contributed by atoms with Crippen molar-refractivity contribution in [2.45, 2.75) is 40.5 Å². The predicted octanol–water partition coefficient (Wildman–Crippen LogP) is 3.32. The molecule has 0 heteroatoms. The predicted molar refractivity (Wildman–Crippen MR) is 48.3 cm³/mol. The van der Waals surface area contributed by atoms with E-state index in [2.05, 4.69) is 27.7 Å². The molecule has 3 aliphatic rings. The smallest absolute Gasteiger partial charge is 0.0295 e. The highest BCUT2D eigenvalue weighted by atomic mass is 14.6. The molecule has 0 radical (unpaired) electrons. The largest absolute Gasteiger partial charge is 0.0622 e. The molecule has 64 valence electrons. The van der Waals surface area contributed by atoms with Gasteiger partial charge in [-0.15, -0.1) is 0 Å². The summed E-state index contributed by atoms with van der Waals surface area (Å²) in [5.74, 6) is 4.07. The van der Waals surface area contributed by atoms with Crippen LogP contribution in [0.25, 0.3) is 0 Å². The monoisotopic (exact) mass is 152 g/mol. The molecule has 0 nitrogen and oxygen atoms in total. The Hall–Kier alpha value is 0. The molecule has 0 saturated heterocycles. The zero-order chi connectivity index (χ0) is 8.22. The van der Waals surface area contributed by atoms with Gasteiger partial charge in [0.15, 0.2) is 0 Å². The van der Waals surface area contributed by atoms with Gasteiger partial charge in [0.05, 0.1) is 0 Å². The van der Waals surface area contributed by atoms with E-state index in [9.17, 15) is 0 Å². The van der Waals surface area contributed by atoms with Crippen LogP contribution in [0.2, 0.25) is 0 Å². The number of rotatable bonds is 0. The minimum Gasteiger partial charge on any atom is -0.0622 e. The summed E-state index contributed by atoms with van der Waals surface area (Å²) in [6.07, 6.45) is 3.02. The molecule has 3 rings (SSSR count). The number of hydrogen-bond donors (Lipinski definition) is 0. The van der Waals surface area contributed by atoms with E-state index in [4.69, 9.17) is 0 Å². The molecule has 0 heterocycles. The van der Waals surface area contributed by atoms with E-state index in [0.717, 1.165) is 23.7 Å². The average Bonchev–Trinajstić information content (AvgIpc) is 1.93. The summed E-state index contributed by atoms with van der Waals surface area (Å²) >= 11 is 0. The van der Waals surface area contributed by atoms with Gasteiger partial charge in [-0.1, -0.05) is 27.7 Å². The van der Waals surface area contributed by atoms with Crippen LogP contribution in [-0.2, 0) is 0 Å². The molecule has 11 heavy (non-hydrogen) atoms. The van der Waals surface area contributed by atoms with Gasteiger partial charge in [-0.25, -0.2) is 0 Å². The van der Waals surface area contributed by atoms with Crippen LogP contribution in [0.5, 0.6) is 0 Å². The quantitative estimate of drug-likeness (QED) is 0.499. The van der Waals surface area contributed by atoms with Gasteiger partial charge in [0.1, 0.15) is 0 Å². The van der Waals surface area contributed by atoms with Crippen molar-refractivity contribution in [2.24, 2.45) is 29.1 Å². The van der Waals surface area contributed by atoms with Gasteiger partial charge >= 0.3 is 0 Å². The fourth-order valence-electron chi connectivity index (χ4n) is 3.41. The van der Waals surface area contributed by atoms with Crippen LogP contribution in [0.4, 0.5) is 0 Å². The highest BCUT2D eigenvalue weighted by molar-refractivity contribution is 5.03. The molecule has 0 aromatic rings. The maximum atomic E-state index is 2.47. The zero-order valence-corrected chi connectivity index (χ0v) is 8.22. The Labute approximate surface area is 70.4 Å². The van der Waals surface area contributed by atoms with E-state index in [1.54, 1.807) is 0 Å². The second-order valence-corrected chi connectivity index (χ2v) is 5.43. The van der Waals surface area contributed by atoms with Crippen LogP contribution in [-0.4, -0.2) is 0 Å². The van der Waals surface area contributed by atoms with Gasteiger partial charge in [-0.2, -0.15) is 0 Å². The Morgan fingerprint density at radius 2 is 1.73 bits per heavy atom. The SMILES string of the molecule is CC1[C@H]2C[C@@H](C[C@@H]1C)C2(C)C. The minimum atomic E-state index is 0.686. The maximum absolute atomic E-state index is 2.47. The van der Waals surface area contributed by atoms with Crippen LogP contribution in [0, 0.1) is 29.1 Å². The van der Waals surface area contributed by atoms with E-state index in [1.807, 2.05) is 0 Å². The van der Waals surface area contributed by atoms with E-state index < -0.39 is 0 Å². The average molecular weight is 152 g/mol. The van der Waals surface area contributed by atoms with E-state index in [1.165, 1.54) is 12.8 Å². The molecule has 0 aliphatic heterocycles. The molecule has 3 aliphatic carbocycles. The zero-order valence-electron chi connectivity index (χ0n) is 8.22. The molecule has 3 fully saturated rings. The van der Waals surface area contributed by atoms with Gasteiger partial charge in [-0.05, 0) is 41.9 Å². The summed E-state index contributed by atoms with van der Waals surface area (Å²) in [7, 11) is 0. The molecule has 0 aromatic heterocycles. The lowest BCUT2D eigenvalue weighted by Crippen LogP contribution is -2.54. The first-order valence-corrected chi connectivity index (χ1v) is 5.03. The van der Waals surface area contributed by atoms with Gasteiger partial charge in [0, 0.05) is 0 Å². The van der Waals surface area contributed by atoms with Crippen molar-refractivity contribution in [3.8, 4) is 0 Å². The van der Waals surface area contributed by atoms with E-state index in [-0.39, 0.29) is 0 Å². The normalized spacial score (nSPS) is 53.5. The van der Waals surface area contributed by atoms with Crippen molar-refractivity contribution in [1.82, 2.24) is 0 Å². The highest BCUT2D eigenvalue weighted by Gasteiger charge is 2.54. The molecule has 0 aromatic carbocycles. The minimum absolute atomic E-state index is 0.686. The van der Waals surface area contributed by atoms with Crippen molar-refractivity contribution in [3.05, 3.63) is 0 Å². The van der Waals surface area contributed by atoms with Crippen molar-refractivity contribution in [1.29, 1.82) is 0 Å². The number of hydrogen-bond acceptors (Lipinski definition) is 0. The van der Waals surface area contributed by atoms with E-state index >= 15 is 0 Å². The maximum Gasteiger partial charge on any atom is -0.0295 e. The lowest BCUT2D eigenvalue weighted by Gasteiger charge is -2.61. The molecule has 1 unspecified atom stereocenters. The topological polar surface area (TPSA) is 0 Å². The standard InChI is InChI=1S/C11H20/c1-7-5-9-6-10(8(7)2)11(9,3)4/h7-10H,5-6H2,1-4H3/t7-,8?,9+,10+/m0/s1. The fraction of sp³-hybridized carbons (Fsp3) is 1.00. The Morgan fingerprint density at radius 3 is 2.09 bits per heavy atom. The summed E-state index contributed by atoms with van der Waals surface area (Å²) in [4.78, 5) is 0. The summed E-state index contributed by atoms with van der Waals surface area (Å²) < 4.78 is 0. The first kappa shape index (κ1) is 7.64. The Bertz CT molecular complexity index is 169. The number of fused-ring (bicyclic) bond motifs is 2. The van der Waals surface area contributed by atoms with Crippen LogP contribution >= 0.6 is 0 Å². The van der Waals surface area contributed by atoms with Gasteiger partial charge in [0.25, 0.3) is 0 Å². The van der Waals surface area contributed by atoms with Crippen LogP contribution < -0.4 is 0 Å². The molecule has 4 atom stereocenters. The summed E-state index contributed by atoms with van der Waals surface area (Å²) in [5.41, 5.74) is 0.686. The molecule has 0 N–H and O–H groups in total. The Morgan fingerprint density at radius 1 is 1.09 bits per heavy atom. The Kier molecular flexibility index (Phi) is 1.41. The van der Waals surface area contributed by atoms with E-state index in [0.29, 0.717) is 5.41 Å².